The van der Waals surface area contributed by atoms with Crippen molar-refractivity contribution in [2.24, 2.45) is 0 Å². The molecule has 1 aliphatic rings. The number of aromatic nitrogens is 1. The normalized spacial score (nSPS) is 14.2. The van der Waals surface area contributed by atoms with Crippen molar-refractivity contribution in [2.75, 3.05) is 45.3 Å². The van der Waals surface area contributed by atoms with E-state index < -0.39 is 0 Å². The molecule has 0 radical (unpaired) electrons. The van der Waals surface area contributed by atoms with E-state index in [0.29, 0.717) is 13.1 Å². The molecule has 2 aromatic rings. The van der Waals surface area contributed by atoms with E-state index in [1.165, 1.54) is 13.2 Å². The van der Waals surface area contributed by atoms with Crippen LogP contribution in [0, 0.1) is 6.92 Å². The second-order valence-electron chi connectivity index (χ2n) is 6.54. The number of methoxy groups -OCH3 is 2. The number of carbonyl (C=O) groups is 1. The third-order valence-electron chi connectivity index (χ3n) is 4.90. The molecular formula is C20H25N3O4. The minimum absolute atomic E-state index is 0.0400. The van der Waals surface area contributed by atoms with Crippen LogP contribution >= 0.6 is 0 Å². The molecule has 7 heteroatoms. The molecule has 0 spiro atoms. The van der Waals surface area contributed by atoms with Gasteiger partial charge in [0.05, 0.1) is 20.4 Å². The Morgan fingerprint density at radius 3 is 2.30 bits per heavy atom. The van der Waals surface area contributed by atoms with Crippen molar-refractivity contribution in [1.29, 1.82) is 0 Å². The van der Waals surface area contributed by atoms with Crippen molar-refractivity contribution < 1.29 is 14.3 Å². The molecule has 0 saturated carbocycles. The Hall–Kier alpha value is -2.96. The second-order valence-corrected chi connectivity index (χ2v) is 6.54. The lowest BCUT2D eigenvalue weighted by atomic mass is 10.2. The number of ether oxygens (including phenoxy) is 2. The number of benzene rings is 1. The van der Waals surface area contributed by atoms with Gasteiger partial charge in [-0.25, -0.2) is 0 Å². The lowest BCUT2D eigenvalue weighted by molar-refractivity contribution is -0.132. The molecule has 27 heavy (non-hydrogen) atoms. The SMILES string of the molecule is COc1ccc(N2CCN(C(=O)Cn3cc(OC)c(=O)cc3C)CC2)cc1. The van der Waals surface area contributed by atoms with E-state index in [0.717, 1.165) is 30.2 Å². The van der Waals surface area contributed by atoms with Gasteiger partial charge in [0.2, 0.25) is 11.3 Å². The van der Waals surface area contributed by atoms with Crippen LogP contribution in [0.15, 0.2) is 41.3 Å². The summed E-state index contributed by atoms with van der Waals surface area (Å²) >= 11 is 0. The number of rotatable bonds is 5. The van der Waals surface area contributed by atoms with Crippen LogP contribution in [-0.4, -0.2) is 55.8 Å². The Morgan fingerprint density at radius 2 is 1.70 bits per heavy atom. The molecule has 0 atom stereocenters. The van der Waals surface area contributed by atoms with Crippen LogP contribution in [-0.2, 0) is 11.3 Å². The highest BCUT2D eigenvalue weighted by Crippen LogP contribution is 2.20. The van der Waals surface area contributed by atoms with Gasteiger partial charge in [-0.3, -0.25) is 9.59 Å². The van der Waals surface area contributed by atoms with E-state index in [9.17, 15) is 9.59 Å². The van der Waals surface area contributed by atoms with Crippen LogP contribution in [0.2, 0.25) is 0 Å². The van der Waals surface area contributed by atoms with Gasteiger partial charge < -0.3 is 23.8 Å². The zero-order valence-electron chi connectivity index (χ0n) is 16.0. The molecule has 0 bridgehead atoms. The topological polar surface area (TPSA) is 64.0 Å². The molecule has 3 rings (SSSR count). The summed E-state index contributed by atoms with van der Waals surface area (Å²) in [4.78, 5) is 28.6. The average molecular weight is 371 g/mol. The zero-order valence-corrected chi connectivity index (χ0v) is 16.0. The van der Waals surface area contributed by atoms with E-state index in [-0.39, 0.29) is 23.6 Å². The second kappa shape index (κ2) is 8.16. The number of amides is 1. The van der Waals surface area contributed by atoms with Crippen LogP contribution in [0.4, 0.5) is 5.69 Å². The predicted octanol–water partition coefficient (Wildman–Crippen LogP) is 1.52. The maximum atomic E-state index is 12.7. The van der Waals surface area contributed by atoms with Gasteiger partial charge in [0, 0.05) is 43.6 Å². The monoisotopic (exact) mass is 371 g/mol. The van der Waals surface area contributed by atoms with E-state index in [2.05, 4.69) is 4.90 Å². The number of piperazine rings is 1. The lowest BCUT2D eigenvalue weighted by Crippen LogP contribution is -2.49. The summed E-state index contributed by atoms with van der Waals surface area (Å²) in [6.07, 6.45) is 1.60. The summed E-state index contributed by atoms with van der Waals surface area (Å²) in [5, 5.41) is 0. The summed E-state index contributed by atoms with van der Waals surface area (Å²) in [5.41, 5.74) is 1.70. The number of aryl methyl sites for hydroxylation is 1. The van der Waals surface area contributed by atoms with Gasteiger partial charge >= 0.3 is 0 Å². The zero-order chi connectivity index (χ0) is 19.4. The van der Waals surface area contributed by atoms with E-state index >= 15 is 0 Å². The summed E-state index contributed by atoms with van der Waals surface area (Å²) in [6, 6.07) is 9.45. The quantitative estimate of drug-likeness (QED) is 0.797. The largest absolute Gasteiger partial charge is 0.497 e. The summed E-state index contributed by atoms with van der Waals surface area (Å²) in [7, 11) is 3.11. The number of hydrogen-bond acceptors (Lipinski definition) is 5. The number of anilines is 1. The third-order valence-corrected chi connectivity index (χ3v) is 4.90. The van der Waals surface area contributed by atoms with Crippen molar-refractivity contribution in [3.63, 3.8) is 0 Å². The molecule has 1 amide bonds. The Labute approximate surface area is 158 Å². The lowest BCUT2D eigenvalue weighted by Gasteiger charge is -2.36. The summed E-state index contributed by atoms with van der Waals surface area (Å²) in [5.74, 6) is 1.12. The Morgan fingerprint density at radius 1 is 1.04 bits per heavy atom. The number of pyridine rings is 1. The van der Waals surface area contributed by atoms with Crippen LogP contribution in [0.25, 0.3) is 0 Å². The van der Waals surface area contributed by atoms with Gasteiger partial charge in [0.1, 0.15) is 12.3 Å². The first-order valence-electron chi connectivity index (χ1n) is 8.93. The summed E-state index contributed by atoms with van der Waals surface area (Å²) < 4.78 is 12.0. The smallest absolute Gasteiger partial charge is 0.242 e. The first kappa shape index (κ1) is 18.8. The molecule has 0 N–H and O–H groups in total. The van der Waals surface area contributed by atoms with Crippen LogP contribution in [0.3, 0.4) is 0 Å². The maximum absolute atomic E-state index is 12.7. The molecule has 1 aromatic carbocycles. The molecule has 7 nitrogen and oxygen atoms in total. The van der Waals surface area contributed by atoms with Gasteiger partial charge in [-0.1, -0.05) is 0 Å². The Balaban J connectivity index is 1.61. The predicted molar refractivity (Wildman–Crippen MR) is 104 cm³/mol. The fourth-order valence-electron chi connectivity index (χ4n) is 3.23. The van der Waals surface area contributed by atoms with Crippen LogP contribution < -0.4 is 19.8 Å². The van der Waals surface area contributed by atoms with Gasteiger partial charge in [0.15, 0.2) is 5.75 Å². The van der Waals surface area contributed by atoms with Gasteiger partial charge in [-0.2, -0.15) is 0 Å². The molecule has 0 unspecified atom stereocenters. The Bertz CT molecular complexity index is 853. The highest BCUT2D eigenvalue weighted by Gasteiger charge is 2.22. The molecule has 1 aliphatic heterocycles. The van der Waals surface area contributed by atoms with Crippen molar-refractivity contribution in [2.45, 2.75) is 13.5 Å². The molecule has 1 fully saturated rings. The first-order chi connectivity index (χ1) is 13.0. The standard InChI is InChI=1S/C20H25N3O4/c1-15-12-18(24)19(27-3)13-23(15)14-20(25)22-10-8-21(9-11-22)16-4-6-17(26-2)7-5-16/h4-7,12-13H,8-11,14H2,1-3H3. The molecule has 2 heterocycles. The fraction of sp³-hybridized carbons (Fsp3) is 0.400. The van der Waals surface area contributed by atoms with Crippen LogP contribution in [0.5, 0.6) is 11.5 Å². The van der Waals surface area contributed by atoms with Gasteiger partial charge in [0.25, 0.3) is 0 Å². The third kappa shape index (κ3) is 4.24. The minimum atomic E-state index is -0.174. The molecule has 1 saturated heterocycles. The maximum Gasteiger partial charge on any atom is 0.242 e. The molecule has 0 aliphatic carbocycles. The average Bonchev–Trinajstić information content (AvgIpc) is 2.70. The highest BCUT2D eigenvalue weighted by molar-refractivity contribution is 5.76. The van der Waals surface area contributed by atoms with Crippen LogP contribution in [0.1, 0.15) is 5.69 Å². The number of hydrogen-bond donors (Lipinski definition) is 0. The summed E-state index contributed by atoms with van der Waals surface area (Å²) in [6.45, 7) is 4.91. The van der Waals surface area contributed by atoms with E-state index in [1.54, 1.807) is 17.9 Å². The molecule has 1 aromatic heterocycles. The number of carbonyl (C=O) groups excluding carboxylic acids is 1. The van der Waals surface area contributed by atoms with Gasteiger partial charge in [-0.15, -0.1) is 0 Å². The molecule has 144 valence electrons. The van der Waals surface area contributed by atoms with Crippen molar-refractivity contribution in [3.05, 3.63) is 52.4 Å². The van der Waals surface area contributed by atoms with Gasteiger partial charge in [-0.05, 0) is 31.2 Å². The van der Waals surface area contributed by atoms with Crippen molar-refractivity contribution in [3.8, 4) is 11.5 Å². The fourth-order valence-corrected chi connectivity index (χ4v) is 3.23. The van der Waals surface area contributed by atoms with Crippen molar-refractivity contribution in [1.82, 2.24) is 9.47 Å². The Kier molecular flexibility index (Phi) is 5.69. The van der Waals surface area contributed by atoms with E-state index in [4.69, 9.17) is 9.47 Å². The van der Waals surface area contributed by atoms with E-state index in [1.807, 2.05) is 36.1 Å². The minimum Gasteiger partial charge on any atom is -0.497 e. The molecular weight excluding hydrogens is 346 g/mol. The van der Waals surface area contributed by atoms with Crippen molar-refractivity contribution >= 4 is 11.6 Å². The highest BCUT2D eigenvalue weighted by atomic mass is 16.5. The first-order valence-corrected chi connectivity index (χ1v) is 8.93. The number of nitrogens with zero attached hydrogens (tertiary/aromatic N) is 3.